The number of rotatable bonds is 4. The molecular formula is C15H14Cl3NO. The Hall–Kier alpha value is -0.930. The first kappa shape index (κ1) is 15.5. The van der Waals surface area contributed by atoms with Crippen LogP contribution in [0.2, 0.25) is 15.1 Å². The zero-order valence-electron chi connectivity index (χ0n) is 10.8. The smallest absolute Gasteiger partial charge is 0.121 e. The summed E-state index contributed by atoms with van der Waals surface area (Å²) in [6, 6.07) is 12.2. The van der Waals surface area contributed by atoms with Gasteiger partial charge in [0.15, 0.2) is 0 Å². The van der Waals surface area contributed by atoms with Crippen molar-refractivity contribution < 1.29 is 4.74 Å². The SMILES string of the molecule is CC(Oc1cccc(Cl)c1)C(N)c1cccc(Cl)c1Cl. The molecule has 2 unspecified atom stereocenters. The lowest BCUT2D eigenvalue weighted by atomic mass is 10.0. The average Bonchev–Trinajstić information content (AvgIpc) is 2.41. The zero-order valence-corrected chi connectivity index (χ0v) is 13.1. The first-order valence-corrected chi connectivity index (χ1v) is 7.24. The van der Waals surface area contributed by atoms with E-state index < -0.39 is 0 Å². The highest BCUT2D eigenvalue weighted by Crippen LogP contribution is 2.31. The Kier molecular flexibility index (Phi) is 5.17. The summed E-state index contributed by atoms with van der Waals surface area (Å²) < 4.78 is 5.80. The third kappa shape index (κ3) is 3.58. The van der Waals surface area contributed by atoms with E-state index in [1.807, 2.05) is 31.2 Å². The van der Waals surface area contributed by atoms with E-state index in [0.29, 0.717) is 20.8 Å². The molecule has 2 aromatic carbocycles. The van der Waals surface area contributed by atoms with Gasteiger partial charge in [-0.15, -0.1) is 0 Å². The van der Waals surface area contributed by atoms with Crippen molar-refractivity contribution in [2.45, 2.75) is 19.1 Å². The van der Waals surface area contributed by atoms with E-state index in [4.69, 9.17) is 45.3 Å². The van der Waals surface area contributed by atoms with Crippen LogP contribution in [-0.4, -0.2) is 6.10 Å². The normalized spacial score (nSPS) is 13.8. The first-order valence-electron chi connectivity index (χ1n) is 6.10. The molecule has 0 spiro atoms. The van der Waals surface area contributed by atoms with Gasteiger partial charge in [0, 0.05) is 5.02 Å². The molecule has 2 N–H and O–H groups in total. The van der Waals surface area contributed by atoms with Crippen LogP contribution < -0.4 is 10.5 Å². The number of ether oxygens (including phenoxy) is 1. The molecule has 0 aromatic heterocycles. The maximum Gasteiger partial charge on any atom is 0.121 e. The molecule has 2 nitrogen and oxygen atoms in total. The molecule has 2 aromatic rings. The van der Waals surface area contributed by atoms with E-state index in [0.717, 1.165) is 5.56 Å². The van der Waals surface area contributed by atoms with Gasteiger partial charge in [-0.25, -0.2) is 0 Å². The number of halogens is 3. The van der Waals surface area contributed by atoms with Gasteiger partial charge in [0.1, 0.15) is 11.9 Å². The monoisotopic (exact) mass is 329 g/mol. The highest BCUT2D eigenvalue weighted by molar-refractivity contribution is 6.42. The molecule has 0 bridgehead atoms. The molecule has 0 saturated heterocycles. The second-order valence-electron chi connectivity index (χ2n) is 4.45. The molecule has 0 amide bonds. The number of benzene rings is 2. The molecular weight excluding hydrogens is 317 g/mol. The van der Waals surface area contributed by atoms with Crippen LogP contribution in [-0.2, 0) is 0 Å². The molecule has 0 fully saturated rings. The van der Waals surface area contributed by atoms with Crippen LogP contribution >= 0.6 is 34.8 Å². The van der Waals surface area contributed by atoms with Crippen LogP contribution in [0.3, 0.4) is 0 Å². The van der Waals surface area contributed by atoms with E-state index in [9.17, 15) is 0 Å². The third-order valence-corrected chi connectivity index (χ3v) is 4.03. The Bertz CT molecular complexity index is 603. The van der Waals surface area contributed by atoms with Gasteiger partial charge in [0.05, 0.1) is 16.1 Å². The summed E-state index contributed by atoms with van der Waals surface area (Å²) in [5, 5.41) is 1.56. The molecule has 20 heavy (non-hydrogen) atoms. The molecule has 5 heteroatoms. The molecule has 0 aliphatic heterocycles. The van der Waals surface area contributed by atoms with Gasteiger partial charge in [0.25, 0.3) is 0 Å². The van der Waals surface area contributed by atoms with Gasteiger partial charge in [0.2, 0.25) is 0 Å². The lowest BCUT2D eigenvalue weighted by molar-refractivity contribution is 0.190. The fourth-order valence-corrected chi connectivity index (χ4v) is 2.47. The van der Waals surface area contributed by atoms with Crippen molar-refractivity contribution in [1.29, 1.82) is 0 Å². The summed E-state index contributed by atoms with van der Waals surface area (Å²) in [5.41, 5.74) is 6.95. The maximum atomic E-state index is 6.19. The maximum absolute atomic E-state index is 6.19. The van der Waals surface area contributed by atoms with Crippen LogP contribution in [0.4, 0.5) is 0 Å². The third-order valence-electron chi connectivity index (χ3n) is 2.96. The van der Waals surface area contributed by atoms with Gasteiger partial charge in [-0.3, -0.25) is 0 Å². The van der Waals surface area contributed by atoms with Crippen molar-refractivity contribution in [2.75, 3.05) is 0 Å². The highest BCUT2D eigenvalue weighted by atomic mass is 35.5. The fourth-order valence-electron chi connectivity index (χ4n) is 1.86. The van der Waals surface area contributed by atoms with Crippen molar-refractivity contribution in [3.8, 4) is 5.75 Å². The minimum Gasteiger partial charge on any atom is -0.489 e. The highest BCUT2D eigenvalue weighted by Gasteiger charge is 2.20. The summed E-state index contributed by atoms with van der Waals surface area (Å²) in [7, 11) is 0. The molecule has 106 valence electrons. The standard InChI is InChI=1S/C15H14Cl3NO/c1-9(20-11-5-2-4-10(16)8-11)15(19)12-6-3-7-13(17)14(12)18/h2-9,15H,19H2,1H3. The van der Waals surface area contributed by atoms with E-state index in [1.54, 1.807) is 18.2 Å². The molecule has 0 aliphatic rings. The predicted octanol–water partition coefficient (Wildman–Crippen LogP) is 5.11. The van der Waals surface area contributed by atoms with Crippen molar-refractivity contribution in [3.63, 3.8) is 0 Å². The summed E-state index contributed by atoms with van der Waals surface area (Å²) in [6.07, 6.45) is -0.274. The number of hydrogen-bond donors (Lipinski definition) is 1. The van der Waals surface area contributed by atoms with Crippen LogP contribution in [0.5, 0.6) is 5.75 Å². The Balaban J connectivity index is 2.16. The van der Waals surface area contributed by atoms with Crippen LogP contribution in [0.1, 0.15) is 18.5 Å². The van der Waals surface area contributed by atoms with Gasteiger partial charge < -0.3 is 10.5 Å². The lowest BCUT2D eigenvalue weighted by Crippen LogP contribution is -2.29. The summed E-state index contributed by atoms with van der Waals surface area (Å²) in [6.45, 7) is 1.88. The Morgan fingerprint density at radius 2 is 1.75 bits per heavy atom. The van der Waals surface area contributed by atoms with E-state index in [2.05, 4.69) is 0 Å². The Labute approximate surface area is 133 Å². The second-order valence-corrected chi connectivity index (χ2v) is 5.67. The molecule has 2 rings (SSSR count). The van der Waals surface area contributed by atoms with Gasteiger partial charge in [-0.2, -0.15) is 0 Å². The summed E-state index contributed by atoms with van der Waals surface area (Å²) in [5.74, 6) is 0.665. The molecule has 0 radical (unpaired) electrons. The van der Waals surface area contributed by atoms with Crippen molar-refractivity contribution in [2.24, 2.45) is 5.73 Å². The van der Waals surface area contributed by atoms with Crippen LogP contribution in [0.15, 0.2) is 42.5 Å². The van der Waals surface area contributed by atoms with Gasteiger partial charge in [-0.05, 0) is 36.8 Å². The summed E-state index contributed by atoms with van der Waals surface area (Å²) >= 11 is 18.1. The topological polar surface area (TPSA) is 35.2 Å². The predicted molar refractivity (Wildman–Crippen MR) is 84.9 cm³/mol. The molecule has 0 heterocycles. The molecule has 0 aliphatic carbocycles. The Morgan fingerprint density at radius 3 is 2.45 bits per heavy atom. The van der Waals surface area contributed by atoms with Crippen molar-refractivity contribution in [1.82, 2.24) is 0 Å². The van der Waals surface area contributed by atoms with Crippen molar-refractivity contribution >= 4 is 34.8 Å². The summed E-state index contributed by atoms with van der Waals surface area (Å²) in [4.78, 5) is 0. The first-order chi connectivity index (χ1) is 9.49. The average molecular weight is 331 g/mol. The van der Waals surface area contributed by atoms with E-state index >= 15 is 0 Å². The Morgan fingerprint density at radius 1 is 1.05 bits per heavy atom. The number of hydrogen-bond acceptors (Lipinski definition) is 2. The van der Waals surface area contributed by atoms with Crippen LogP contribution in [0, 0.1) is 0 Å². The zero-order chi connectivity index (χ0) is 14.7. The largest absolute Gasteiger partial charge is 0.489 e. The fraction of sp³-hybridized carbons (Fsp3) is 0.200. The van der Waals surface area contributed by atoms with E-state index in [-0.39, 0.29) is 12.1 Å². The molecule has 2 atom stereocenters. The van der Waals surface area contributed by atoms with Gasteiger partial charge >= 0.3 is 0 Å². The minimum atomic E-state index is -0.389. The van der Waals surface area contributed by atoms with Gasteiger partial charge in [-0.1, -0.05) is 53.0 Å². The number of nitrogens with two attached hydrogens (primary N) is 1. The lowest BCUT2D eigenvalue weighted by Gasteiger charge is -2.23. The molecule has 0 saturated carbocycles. The van der Waals surface area contributed by atoms with Crippen LogP contribution in [0.25, 0.3) is 0 Å². The minimum absolute atomic E-state index is 0.274. The quantitative estimate of drug-likeness (QED) is 0.845. The second kappa shape index (κ2) is 6.68. The van der Waals surface area contributed by atoms with Crippen molar-refractivity contribution in [3.05, 3.63) is 63.1 Å². The van der Waals surface area contributed by atoms with E-state index in [1.165, 1.54) is 0 Å².